The molecule has 37 heavy (non-hydrogen) atoms. The number of likely N-dealkylation sites (tertiary alicyclic amines) is 1. The summed E-state index contributed by atoms with van der Waals surface area (Å²) in [6.07, 6.45) is 18.3. The summed E-state index contributed by atoms with van der Waals surface area (Å²) < 4.78 is 5.72. The molecule has 3 heteroatoms. The van der Waals surface area contributed by atoms with Crippen LogP contribution in [0.3, 0.4) is 0 Å². The van der Waals surface area contributed by atoms with Crippen molar-refractivity contribution in [3.05, 3.63) is 0 Å². The van der Waals surface area contributed by atoms with Crippen molar-refractivity contribution in [2.45, 2.75) is 137 Å². The zero-order valence-corrected chi connectivity index (χ0v) is 25.9. The molecule has 6 fully saturated rings. The molecule has 0 aromatic carbocycles. The van der Waals surface area contributed by atoms with E-state index < -0.39 is 0 Å². The highest BCUT2D eigenvalue weighted by molar-refractivity contribution is 4.94. The number of ether oxygens (including phenoxy) is 1. The smallest absolute Gasteiger partial charge is 0.0731 e. The van der Waals surface area contributed by atoms with Gasteiger partial charge in [-0.15, -0.1) is 0 Å². The van der Waals surface area contributed by atoms with E-state index in [2.05, 4.69) is 58.8 Å². The summed E-state index contributed by atoms with van der Waals surface area (Å²) in [4.78, 5) is 2.60. The minimum absolute atomic E-state index is 0.520. The van der Waals surface area contributed by atoms with Crippen LogP contribution in [0.4, 0.5) is 0 Å². The molecule has 4 saturated carbocycles. The molecule has 2 aliphatic heterocycles. The summed E-state index contributed by atoms with van der Waals surface area (Å²) in [5.41, 5.74) is 0. The number of fused-ring (bicyclic) bond motifs is 3. The van der Waals surface area contributed by atoms with Gasteiger partial charge in [0.15, 0.2) is 0 Å². The maximum atomic E-state index is 5.72. The highest BCUT2D eigenvalue weighted by Crippen LogP contribution is 2.48. The molecule has 6 rings (SSSR count). The number of hydrogen-bond acceptors (Lipinski definition) is 3. The molecular formula is C34H64N2O. The first kappa shape index (κ1) is 29.9. The van der Waals surface area contributed by atoms with Crippen LogP contribution in [0, 0.1) is 53.3 Å². The Bertz CT molecular complexity index is 626. The van der Waals surface area contributed by atoms with Crippen LogP contribution in [-0.4, -0.2) is 49.8 Å². The van der Waals surface area contributed by atoms with E-state index >= 15 is 0 Å². The van der Waals surface area contributed by atoms with Crippen molar-refractivity contribution in [2.24, 2.45) is 53.3 Å². The van der Waals surface area contributed by atoms with E-state index in [1.807, 2.05) is 0 Å². The number of morpholine rings is 1. The lowest BCUT2D eigenvalue weighted by Gasteiger charge is -2.36. The van der Waals surface area contributed by atoms with E-state index in [1.165, 1.54) is 64.3 Å². The van der Waals surface area contributed by atoms with Crippen LogP contribution in [-0.2, 0) is 4.74 Å². The lowest BCUT2D eigenvalue weighted by atomic mass is 9.74. The standard InChI is InChI=1S/C12H23N.C12H22.C10H19NO/c1-9(2)11-5-4-10-6-7-13(3)12(10)8-11;1-9(2)11-8-7-10-5-3-4-6-12(10)11;1-7(2)8-3-4-9-10(8)11-5-6-12-9/h9-12H,4-8H2,1-3H3;9-12H,3-8H2,1-2H3;7-11H,3-6H2,1-2H3. The van der Waals surface area contributed by atoms with Gasteiger partial charge in [-0.1, -0.05) is 60.8 Å². The number of rotatable bonds is 3. The molecular weight excluding hydrogens is 452 g/mol. The van der Waals surface area contributed by atoms with E-state index in [9.17, 15) is 0 Å². The molecule has 3 nitrogen and oxygen atoms in total. The van der Waals surface area contributed by atoms with Crippen LogP contribution >= 0.6 is 0 Å². The summed E-state index contributed by atoms with van der Waals surface area (Å²) >= 11 is 0. The quantitative estimate of drug-likeness (QED) is 0.411. The first-order valence-corrected chi connectivity index (χ1v) is 16.8. The first-order valence-electron chi connectivity index (χ1n) is 16.8. The molecule has 0 bridgehead atoms. The molecule has 6 aliphatic rings. The Hall–Kier alpha value is -0.120. The van der Waals surface area contributed by atoms with Crippen LogP contribution < -0.4 is 5.32 Å². The fraction of sp³-hybridized carbons (Fsp3) is 1.00. The normalized spacial score (nSPS) is 41.5. The lowest BCUT2D eigenvalue weighted by Crippen LogP contribution is -2.49. The molecule has 2 saturated heterocycles. The number of nitrogens with zero attached hydrogens (tertiary/aromatic N) is 1. The Morgan fingerprint density at radius 1 is 0.703 bits per heavy atom. The molecule has 0 aromatic heterocycles. The van der Waals surface area contributed by atoms with Crippen molar-refractivity contribution in [1.29, 1.82) is 0 Å². The Balaban J connectivity index is 0.000000130. The Kier molecular flexibility index (Phi) is 11.3. The predicted octanol–water partition coefficient (Wildman–Crippen LogP) is 8.03. The van der Waals surface area contributed by atoms with Crippen molar-refractivity contribution in [1.82, 2.24) is 10.2 Å². The topological polar surface area (TPSA) is 24.5 Å². The fourth-order valence-corrected chi connectivity index (χ4v) is 9.51. The van der Waals surface area contributed by atoms with Gasteiger partial charge in [0.05, 0.1) is 12.7 Å². The third-order valence-electron chi connectivity index (χ3n) is 11.9. The van der Waals surface area contributed by atoms with Crippen LogP contribution in [0.15, 0.2) is 0 Å². The van der Waals surface area contributed by atoms with Gasteiger partial charge in [0.25, 0.3) is 0 Å². The summed E-state index contributed by atoms with van der Waals surface area (Å²) in [5, 5.41) is 3.59. The van der Waals surface area contributed by atoms with Gasteiger partial charge in [0, 0.05) is 18.6 Å². The van der Waals surface area contributed by atoms with E-state index in [0.29, 0.717) is 12.1 Å². The molecule has 0 spiro atoms. The minimum atomic E-state index is 0.520. The van der Waals surface area contributed by atoms with Gasteiger partial charge in [-0.25, -0.2) is 0 Å². The minimum Gasteiger partial charge on any atom is -0.375 e. The fourth-order valence-electron chi connectivity index (χ4n) is 9.51. The van der Waals surface area contributed by atoms with Crippen molar-refractivity contribution in [2.75, 3.05) is 26.7 Å². The second-order valence-electron chi connectivity index (χ2n) is 15.0. The van der Waals surface area contributed by atoms with E-state index in [4.69, 9.17) is 4.74 Å². The number of hydrogen-bond donors (Lipinski definition) is 1. The van der Waals surface area contributed by atoms with Crippen LogP contribution in [0.2, 0.25) is 0 Å². The maximum absolute atomic E-state index is 5.72. The van der Waals surface area contributed by atoms with E-state index in [-0.39, 0.29) is 0 Å². The average Bonchev–Trinajstić information content (AvgIpc) is 3.61. The second-order valence-corrected chi connectivity index (χ2v) is 15.0. The average molecular weight is 517 g/mol. The molecule has 9 atom stereocenters. The third-order valence-corrected chi connectivity index (χ3v) is 11.9. The van der Waals surface area contributed by atoms with Crippen LogP contribution in [0.5, 0.6) is 0 Å². The molecule has 9 unspecified atom stereocenters. The van der Waals surface area contributed by atoms with E-state index in [1.54, 1.807) is 19.3 Å². The van der Waals surface area contributed by atoms with Gasteiger partial charge in [-0.2, -0.15) is 0 Å². The Morgan fingerprint density at radius 3 is 2.14 bits per heavy atom. The van der Waals surface area contributed by atoms with Crippen molar-refractivity contribution in [3.8, 4) is 0 Å². The van der Waals surface area contributed by atoms with Crippen molar-refractivity contribution >= 4 is 0 Å². The molecule has 0 aromatic rings. The van der Waals surface area contributed by atoms with Crippen molar-refractivity contribution in [3.63, 3.8) is 0 Å². The largest absolute Gasteiger partial charge is 0.375 e. The van der Waals surface area contributed by atoms with Gasteiger partial charge >= 0.3 is 0 Å². The first-order chi connectivity index (χ1) is 17.8. The Morgan fingerprint density at radius 2 is 1.41 bits per heavy atom. The predicted molar refractivity (Wildman–Crippen MR) is 159 cm³/mol. The van der Waals surface area contributed by atoms with E-state index in [0.717, 1.165) is 72.5 Å². The summed E-state index contributed by atoms with van der Waals surface area (Å²) in [7, 11) is 2.31. The molecule has 0 amide bonds. The highest BCUT2D eigenvalue weighted by atomic mass is 16.5. The van der Waals surface area contributed by atoms with Gasteiger partial charge in [-0.3, -0.25) is 0 Å². The zero-order valence-electron chi connectivity index (χ0n) is 25.9. The molecule has 4 aliphatic carbocycles. The van der Waals surface area contributed by atoms with Gasteiger partial charge in [0.2, 0.25) is 0 Å². The van der Waals surface area contributed by atoms with Gasteiger partial charge in [0.1, 0.15) is 0 Å². The SMILES string of the molecule is CC(C)C1CCC2CCCCC21.CC(C)C1CCC2CCN(C)C2C1.CC(C)C1CCC2OCCNC21. The number of nitrogens with one attached hydrogen (secondary N) is 1. The second kappa shape index (κ2) is 14.0. The summed E-state index contributed by atoms with van der Waals surface area (Å²) in [6.45, 7) is 17.6. The molecule has 2 heterocycles. The van der Waals surface area contributed by atoms with Gasteiger partial charge in [-0.05, 0) is 125 Å². The Labute approximate surface area is 231 Å². The molecule has 0 radical (unpaired) electrons. The lowest BCUT2D eigenvalue weighted by molar-refractivity contribution is 0.000857. The summed E-state index contributed by atoms with van der Waals surface area (Å²) in [6, 6.07) is 1.58. The van der Waals surface area contributed by atoms with Crippen LogP contribution in [0.25, 0.3) is 0 Å². The van der Waals surface area contributed by atoms with Crippen molar-refractivity contribution < 1.29 is 4.74 Å². The van der Waals surface area contributed by atoms with Gasteiger partial charge < -0.3 is 15.0 Å². The zero-order chi connectivity index (χ0) is 26.5. The highest BCUT2D eigenvalue weighted by Gasteiger charge is 2.40. The maximum Gasteiger partial charge on any atom is 0.0731 e. The summed E-state index contributed by atoms with van der Waals surface area (Å²) in [5.74, 6) is 8.86. The monoisotopic (exact) mass is 517 g/mol. The molecule has 216 valence electrons. The van der Waals surface area contributed by atoms with Crippen LogP contribution in [0.1, 0.15) is 119 Å². The molecule has 1 N–H and O–H groups in total. The third kappa shape index (κ3) is 7.55.